The van der Waals surface area contributed by atoms with Crippen molar-refractivity contribution >= 4 is 29.0 Å². The molecule has 1 amide bonds. The number of hydrazone groups is 1. The number of ether oxygens (including phenoxy) is 1. The summed E-state index contributed by atoms with van der Waals surface area (Å²) in [7, 11) is 1.68. The average Bonchev–Trinajstić information content (AvgIpc) is 2.84. The van der Waals surface area contributed by atoms with Gasteiger partial charge in [0, 0.05) is 41.5 Å². The molecule has 0 aliphatic carbocycles. The molecular weight excluding hydrogens is 428 g/mol. The van der Waals surface area contributed by atoms with Gasteiger partial charge >= 0.3 is 0 Å². The number of nitrogens with zero attached hydrogens (tertiary/aromatic N) is 5. The van der Waals surface area contributed by atoms with Crippen LogP contribution >= 0.6 is 0 Å². The van der Waals surface area contributed by atoms with E-state index in [9.17, 15) is 10.1 Å². The molecule has 0 bridgehead atoms. The van der Waals surface area contributed by atoms with Crippen LogP contribution in [0.25, 0.3) is 5.70 Å². The summed E-state index contributed by atoms with van der Waals surface area (Å²) in [6, 6.07) is 14.8. The van der Waals surface area contributed by atoms with Crippen LogP contribution in [-0.4, -0.2) is 42.0 Å². The highest BCUT2D eigenvalue weighted by Crippen LogP contribution is 2.30. The third-order valence-corrected chi connectivity index (χ3v) is 5.39. The first-order chi connectivity index (χ1) is 16.5. The Morgan fingerprint density at radius 2 is 2.00 bits per heavy atom. The van der Waals surface area contributed by atoms with Crippen LogP contribution in [0.5, 0.6) is 0 Å². The molecule has 0 saturated carbocycles. The predicted octanol–water partition coefficient (Wildman–Crippen LogP) is 3.86. The molecular formula is C26H24N6O2. The third kappa shape index (κ3) is 4.24. The Morgan fingerprint density at radius 1 is 1.26 bits per heavy atom. The summed E-state index contributed by atoms with van der Waals surface area (Å²) < 4.78 is 6.12. The minimum atomic E-state index is -0.221. The van der Waals surface area contributed by atoms with E-state index in [1.807, 2.05) is 44.2 Å². The fourth-order valence-corrected chi connectivity index (χ4v) is 3.70. The lowest BCUT2D eigenvalue weighted by molar-refractivity contribution is 0.0955. The maximum atomic E-state index is 12.1. The van der Waals surface area contributed by atoms with E-state index in [4.69, 9.17) is 4.74 Å². The average molecular weight is 453 g/mol. The second-order valence-electron chi connectivity index (χ2n) is 7.67. The number of aliphatic imine (C=N–C) groups is 2. The predicted molar refractivity (Wildman–Crippen MR) is 132 cm³/mol. The molecule has 2 aliphatic heterocycles. The number of fused-ring (bicyclic) bond motifs is 1. The van der Waals surface area contributed by atoms with Gasteiger partial charge in [-0.3, -0.25) is 9.79 Å². The van der Waals surface area contributed by atoms with E-state index in [-0.39, 0.29) is 12.5 Å². The van der Waals surface area contributed by atoms with Crippen LogP contribution in [0, 0.1) is 11.3 Å². The van der Waals surface area contributed by atoms with E-state index in [1.165, 1.54) is 0 Å². The van der Waals surface area contributed by atoms with Gasteiger partial charge in [0.25, 0.3) is 5.91 Å². The Bertz CT molecular complexity index is 1340. The van der Waals surface area contributed by atoms with Crippen LogP contribution in [-0.2, 0) is 11.3 Å². The molecule has 0 unspecified atom stereocenters. The molecule has 34 heavy (non-hydrogen) atoms. The molecule has 2 heterocycles. The van der Waals surface area contributed by atoms with E-state index in [2.05, 4.69) is 33.1 Å². The SMILES string of the molecule is C=C1c2ccccc2C(OCc2ccc(C(=O)NCC)cc2C#N)=NN1/C(=N\C)C1=NC(C)=C1. The smallest absolute Gasteiger partial charge is 0.251 e. The molecule has 2 aromatic rings. The molecule has 2 aliphatic rings. The lowest BCUT2D eigenvalue weighted by Gasteiger charge is -2.30. The van der Waals surface area contributed by atoms with Crippen molar-refractivity contribution in [2.24, 2.45) is 15.1 Å². The Hall–Kier alpha value is -4.51. The fraction of sp³-hybridized carbons (Fsp3) is 0.192. The highest BCUT2D eigenvalue weighted by molar-refractivity contribution is 6.48. The molecule has 2 aromatic carbocycles. The third-order valence-electron chi connectivity index (χ3n) is 5.39. The van der Waals surface area contributed by atoms with E-state index in [0.29, 0.717) is 40.7 Å². The van der Waals surface area contributed by atoms with Gasteiger partial charge in [0.15, 0.2) is 5.84 Å². The monoisotopic (exact) mass is 452 g/mol. The molecule has 0 fully saturated rings. The van der Waals surface area contributed by atoms with Crippen LogP contribution < -0.4 is 5.32 Å². The van der Waals surface area contributed by atoms with Gasteiger partial charge in [-0.05, 0) is 38.1 Å². The van der Waals surface area contributed by atoms with Crippen LogP contribution in [0.1, 0.15) is 46.5 Å². The normalized spacial score (nSPS) is 14.8. The topological polar surface area (TPSA) is 102 Å². The summed E-state index contributed by atoms with van der Waals surface area (Å²) in [6.45, 7) is 8.58. The van der Waals surface area contributed by atoms with Gasteiger partial charge in [-0.2, -0.15) is 5.26 Å². The zero-order chi connectivity index (χ0) is 24.2. The molecule has 0 atom stereocenters. The van der Waals surface area contributed by atoms with E-state index >= 15 is 0 Å². The summed E-state index contributed by atoms with van der Waals surface area (Å²) in [6.07, 6.45) is 1.93. The maximum Gasteiger partial charge on any atom is 0.251 e. The highest BCUT2D eigenvalue weighted by atomic mass is 16.5. The number of amidine groups is 1. The minimum Gasteiger partial charge on any atom is -0.471 e. The zero-order valence-corrected chi connectivity index (χ0v) is 19.3. The Morgan fingerprint density at radius 3 is 2.65 bits per heavy atom. The van der Waals surface area contributed by atoms with Crippen molar-refractivity contribution in [3.05, 3.63) is 88.6 Å². The molecule has 8 nitrogen and oxygen atoms in total. The van der Waals surface area contributed by atoms with Crippen molar-refractivity contribution in [1.29, 1.82) is 5.26 Å². The number of benzene rings is 2. The van der Waals surface area contributed by atoms with Crippen molar-refractivity contribution in [1.82, 2.24) is 10.3 Å². The van der Waals surface area contributed by atoms with Crippen molar-refractivity contribution in [2.45, 2.75) is 20.5 Å². The lowest BCUT2D eigenvalue weighted by Crippen LogP contribution is -2.36. The molecule has 0 saturated heterocycles. The molecule has 1 N–H and O–H groups in total. The van der Waals surface area contributed by atoms with Gasteiger partial charge in [-0.25, -0.2) is 10.0 Å². The molecule has 0 radical (unpaired) electrons. The Balaban J connectivity index is 1.64. The second kappa shape index (κ2) is 9.55. The summed E-state index contributed by atoms with van der Waals surface area (Å²) >= 11 is 0. The van der Waals surface area contributed by atoms with Crippen molar-refractivity contribution in [3.63, 3.8) is 0 Å². The van der Waals surface area contributed by atoms with Gasteiger partial charge in [0.1, 0.15) is 12.3 Å². The first-order valence-corrected chi connectivity index (χ1v) is 10.8. The fourth-order valence-electron chi connectivity index (χ4n) is 3.70. The van der Waals surface area contributed by atoms with E-state index in [1.54, 1.807) is 30.3 Å². The van der Waals surface area contributed by atoms with Crippen LogP contribution in [0.4, 0.5) is 0 Å². The summed E-state index contributed by atoms with van der Waals surface area (Å²) in [5.74, 6) is 0.720. The number of nitrogens with one attached hydrogen (secondary N) is 1. The van der Waals surface area contributed by atoms with Crippen LogP contribution in [0.3, 0.4) is 0 Å². The number of hydrogen-bond donors (Lipinski definition) is 1. The number of allylic oxidation sites excluding steroid dienone is 1. The van der Waals surface area contributed by atoms with Gasteiger partial charge in [-0.1, -0.05) is 30.8 Å². The molecule has 170 valence electrons. The quantitative estimate of drug-likeness (QED) is 0.550. The largest absolute Gasteiger partial charge is 0.471 e. The van der Waals surface area contributed by atoms with Gasteiger partial charge in [0.2, 0.25) is 5.90 Å². The number of amides is 1. The maximum absolute atomic E-state index is 12.1. The number of nitriles is 1. The van der Waals surface area contributed by atoms with E-state index in [0.717, 1.165) is 22.5 Å². The summed E-state index contributed by atoms with van der Waals surface area (Å²) in [5, 5.41) is 18.7. The van der Waals surface area contributed by atoms with Crippen molar-refractivity contribution < 1.29 is 9.53 Å². The van der Waals surface area contributed by atoms with Crippen LogP contribution in [0.2, 0.25) is 0 Å². The summed E-state index contributed by atoms with van der Waals surface area (Å²) in [4.78, 5) is 20.9. The lowest BCUT2D eigenvalue weighted by atomic mass is 10.0. The minimum absolute atomic E-state index is 0.102. The number of carbonyl (C=O) groups is 1. The number of rotatable bonds is 5. The first kappa shape index (κ1) is 22.7. The zero-order valence-electron chi connectivity index (χ0n) is 19.3. The number of hydrogen-bond acceptors (Lipinski definition) is 6. The standard InChI is InChI=1S/C26H24N6O2/c1-5-29-25(33)18-10-11-19(20(13-18)14-27)15-34-26-22-9-7-6-8-21(22)17(3)32(31-26)24(28-4)23-12-16(2)30-23/h6-13H,3,5,15H2,1-2,4H3,(H,29,33)/b28-24-. The summed E-state index contributed by atoms with van der Waals surface area (Å²) in [5.41, 5.74) is 5.40. The molecule has 0 spiro atoms. The first-order valence-electron chi connectivity index (χ1n) is 10.8. The van der Waals surface area contributed by atoms with Crippen LogP contribution in [0.15, 0.2) is 75.9 Å². The molecule has 4 rings (SSSR count). The highest BCUT2D eigenvalue weighted by Gasteiger charge is 2.29. The van der Waals surface area contributed by atoms with Gasteiger partial charge in [0.05, 0.1) is 17.3 Å². The molecule has 8 heteroatoms. The van der Waals surface area contributed by atoms with Crippen molar-refractivity contribution in [2.75, 3.05) is 13.6 Å². The van der Waals surface area contributed by atoms with Gasteiger partial charge < -0.3 is 10.1 Å². The second-order valence-corrected chi connectivity index (χ2v) is 7.67. The Labute approximate surface area is 198 Å². The van der Waals surface area contributed by atoms with E-state index < -0.39 is 0 Å². The van der Waals surface area contributed by atoms with Crippen molar-refractivity contribution in [3.8, 4) is 6.07 Å². The molecule has 0 aromatic heterocycles. The number of carbonyl (C=O) groups excluding carboxylic acids is 1. The Kier molecular flexibility index (Phi) is 6.37. The van der Waals surface area contributed by atoms with Gasteiger partial charge in [-0.15, -0.1) is 5.10 Å².